The van der Waals surface area contributed by atoms with E-state index in [1.807, 2.05) is 4.83 Å². The lowest BCUT2D eigenvalue weighted by Gasteiger charge is -2.08. The fraction of sp³-hybridized carbons (Fsp3) is 0. The molecule has 1 heterocycles. The topological polar surface area (TPSA) is 121 Å². The zero-order chi connectivity index (χ0) is 17.3. The first-order valence-corrected chi connectivity index (χ1v) is 8.42. The fourth-order valence-electron chi connectivity index (χ4n) is 1.94. The summed E-state index contributed by atoms with van der Waals surface area (Å²) in [6.07, 6.45) is 0. The third kappa shape index (κ3) is 3.32. The van der Waals surface area contributed by atoms with E-state index in [1.165, 1.54) is 42.5 Å². The molecule has 8 nitrogen and oxygen atoms in total. The molecule has 1 aromatic heterocycles. The van der Waals surface area contributed by atoms with Gasteiger partial charge < -0.3 is 4.42 Å². The van der Waals surface area contributed by atoms with Gasteiger partial charge in [-0.15, -0.1) is 4.83 Å². The molecule has 0 aliphatic heterocycles. The molecular formula is C14H10ClN3O5S. The van der Waals surface area contributed by atoms with Gasteiger partial charge in [-0.3, -0.25) is 15.2 Å². The van der Waals surface area contributed by atoms with E-state index in [4.69, 9.17) is 16.0 Å². The summed E-state index contributed by atoms with van der Waals surface area (Å²) in [6, 6.07) is 9.74. The van der Waals surface area contributed by atoms with Crippen LogP contribution >= 0.6 is 11.6 Å². The monoisotopic (exact) mass is 367 g/mol. The molecule has 24 heavy (non-hydrogen) atoms. The Labute approximate surface area is 140 Å². The van der Waals surface area contributed by atoms with Gasteiger partial charge in [0.25, 0.3) is 15.9 Å². The number of aromatic nitrogens is 1. The Morgan fingerprint density at radius 3 is 2.54 bits per heavy atom. The molecule has 0 saturated carbocycles. The van der Waals surface area contributed by atoms with Crippen LogP contribution < -0.4 is 16.0 Å². The van der Waals surface area contributed by atoms with Crippen molar-refractivity contribution in [2.45, 2.75) is 4.90 Å². The van der Waals surface area contributed by atoms with E-state index in [9.17, 15) is 18.0 Å². The summed E-state index contributed by atoms with van der Waals surface area (Å²) >= 11 is 5.72. The van der Waals surface area contributed by atoms with E-state index in [0.717, 1.165) is 0 Å². The third-order valence-corrected chi connectivity index (χ3v) is 4.61. The first-order chi connectivity index (χ1) is 11.3. The summed E-state index contributed by atoms with van der Waals surface area (Å²) in [5, 5.41) is 0.452. The number of oxazole rings is 1. The summed E-state index contributed by atoms with van der Waals surface area (Å²) in [4.78, 5) is 27.2. The molecule has 0 radical (unpaired) electrons. The van der Waals surface area contributed by atoms with E-state index < -0.39 is 21.7 Å². The Hall–Kier alpha value is -2.62. The number of carbonyl (C=O) groups is 1. The van der Waals surface area contributed by atoms with Crippen molar-refractivity contribution in [1.29, 1.82) is 0 Å². The lowest BCUT2D eigenvalue weighted by Crippen LogP contribution is -2.41. The Bertz CT molecular complexity index is 1070. The number of benzene rings is 2. The largest absolute Gasteiger partial charge is 0.417 e. The van der Waals surface area contributed by atoms with E-state index in [-0.39, 0.29) is 16.0 Å². The van der Waals surface area contributed by atoms with Gasteiger partial charge >= 0.3 is 5.76 Å². The summed E-state index contributed by atoms with van der Waals surface area (Å²) in [6.45, 7) is 0. The minimum absolute atomic E-state index is 0.0897. The van der Waals surface area contributed by atoms with Gasteiger partial charge in [-0.25, -0.2) is 13.2 Å². The lowest BCUT2D eigenvalue weighted by atomic mass is 10.2. The standard InChI is InChI=1S/C14H10ClN3O5S/c15-9-3-1-8(2-4-9)13(19)17-18-24(21,22)10-5-6-11-12(7-10)23-14(20)16-11/h1-7,18H,(H,16,20)(H,17,19). The minimum Gasteiger partial charge on any atom is -0.408 e. The van der Waals surface area contributed by atoms with Crippen LogP contribution in [0.25, 0.3) is 11.1 Å². The number of nitrogens with one attached hydrogen (secondary N) is 3. The van der Waals surface area contributed by atoms with Crippen molar-refractivity contribution >= 4 is 38.6 Å². The third-order valence-electron chi connectivity index (χ3n) is 3.11. The molecule has 0 aliphatic carbocycles. The van der Waals surface area contributed by atoms with Crippen molar-refractivity contribution in [3.8, 4) is 0 Å². The van der Waals surface area contributed by atoms with Crippen molar-refractivity contribution in [3.05, 3.63) is 63.6 Å². The number of carbonyl (C=O) groups excluding carboxylic acids is 1. The van der Waals surface area contributed by atoms with E-state index in [0.29, 0.717) is 10.5 Å². The first-order valence-electron chi connectivity index (χ1n) is 6.56. The zero-order valence-electron chi connectivity index (χ0n) is 11.9. The molecular weight excluding hydrogens is 358 g/mol. The highest BCUT2D eigenvalue weighted by Crippen LogP contribution is 2.16. The summed E-state index contributed by atoms with van der Waals surface area (Å²) in [7, 11) is -4.04. The minimum atomic E-state index is -4.04. The van der Waals surface area contributed by atoms with Gasteiger partial charge in [0.05, 0.1) is 10.4 Å². The normalized spacial score (nSPS) is 11.5. The molecule has 10 heteroatoms. The number of aromatic amines is 1. The van der Waals surface area contributed by atoms with Crippen LogP contribution in [0.15, 0.2) is 56.6 Å². The predicted octanol–water partition coefficient (Wildman–Crippen LogP) is 1.40. The SMILES string of the molecule is O=C(NNS(=O)(=O)c1ccc2[nH]c(=O)oc2c1)c1ccc(Cl)cc1. The second-order valence-corrected chi connectivity index (χ2v) is 6.86. The number of amides is 1. The molecule has 2 aromatic carbocycles. The van der Waals surface area contributed by atoms with Crippen LogP contribution in [0.2, 0.25) is 5.02 Å². The Balaban J connectivity index is 1.78. The summed E-state index contributed by atoms with van der Waals surface area (Å²) in [5.74, 6) is -1.34. The molecule has 0 saturated heterocycles. The number of hydrogen-bond acceptors (Lipinski definition) is 5. The van der Waals surface area contributed by atoms with Crippen molar-refractivity contribution in [2.75, 3.05) is 0 Å². The number of fused-ring (bicyclic) bond motifs is 1. The smallest absolute Gasteiger partial charge is 0.408 e. The van der Waals surface area contributed by atoms with Gasteiger partial charge in [-0.05, 0) is 36.4 Å². The van der Waals surface area contributed by atoms with E-state index in [2.05, 4.69) is 10.4 Å². The molecule has 0 unspecified atom stereocenters. The number of rotatable bonds is 4. The molecule has 3 rings (SSSR count). The molecule has 1 amide bonds. The maximum absolute atomic E-state index is 12.2. The molecule has 3 N–H and O–H groups in total. The van der Waals surface area contributed by atoms with Gasteiger partial charge in [0.2, 0.25) is 0 Å². The fourth-order valence-corrected chi connectivity index (χ4v) is 2.92. The van der Waals surface area contributed by atoms with Crippen molar-refractivity contribution < 1.29 is 17.6 Å². The molecule has 0 atom stereocenters. The Morgan fingerprint density at radius 1 is 1.12 bits per heavy atom. The van der Waals surface area contributed by atoms with Crippen molar-refractivity contribution in [1.82, 2.24) is 15.2 Å². The molecule has 124 valence electrons. The van der Waals surface area contributed by atoms with Gasteiger partial charge in [-0.2, -0.15) is 0 Å². The highest BCUT2D eigenvalue weighted by Gasteiger charge is 2.17. The number of halogens is 1. The maximum Gasteiger partial charge on any atom is 0.417 e. The van der Waals surface area contributed by atoms with Crippen LogP contribution in [0.1, 0.15) is 10.4 Å². The Morgan fingerprint density at radius 2 is 1.83 bits per heavy atom. The van der Waals surface area contributed by atoms with Gasteiger partial charge in [0.1, 0.15) is 0 Å². The van der Waals surface area contributed by atoms with Crippen LogP contribution in [0.5, 0.6) is 0 Å². The quantitative estimate of drug-likeness (QED) is 0.602. The number of H-pyrrole nitrogens is 1. The second-order valence-electron chi connectivity index (χ2n) is 4.74. The molecule has 0 fully saturated rings. The lowest BCUT2D eigenvalue weighted by molar-refractivity contribution is 0.0945. The van der Waals surface area contributed by atoms with Crippen LogP contribution in [-0.4, -0.2) is 19.3 Å². The van der Waals surface area contributed by atoms with E-state index in [1.54, 1.807) is 0 Å². The summed E-state index contributed by atoms with van der Waals surface area (Å²) < 4.78 is 29.2. The van der Waals surface area contributed by atoms with Gasteiger partial charge in [0.15, 0.2) is 5.58 Å². The molecule has 3 aromatic rings. The van der Waals surface area contributed by atoms with E-state index >= 15 is 0 Å². The second kappa shape index (κ2) is 6.11. The van der Waals surface area contributed by atoms with Crippen molar-refractivity contribution in [3.63, 3.8) is 0 Å². The first kappa shape index (κ1) is 16.2. The number of hydrogen-bond donors (Lipinski definition) is 3. The zero-order valence-corrected chi connectivity index (χ0v) is 13.4. The van der Waals surface area contributed by atoms with Crippen LogP contribution in [0.3, 0.4) is 0 Å². The summed E-state index contributed by atoms with van der Waals surface area (Å²) in [5.41, 5.74) is 2.78. The average molecular weight is 368 g/mol. The van der Waals surface area contributed by atoms with Crippen LogP contribution in [0, 0.1) is 0 Å². The van der Waals surface area contributed by atoms with Gasteiger partial charge in [-0.1, -0.05) is 11.6 Å². The average Bonchev–Trinajstić information content (AvgIpc) is 2.92. The predicted molar refractivity (Wildman–Crippen MR) is 86.1 cm³/mol. The molecule has 0 bridgehead atoms. The molecule has 0 aliphatic rings. The number of hydrazine groups is 1. The van der Waals surface area contributed by atoms with Crippen molar-refractivity contribution in [2.24, 2.45) is 0 Å². The van der Waals surface area contributed by atoms with Crippen LogP contribution in [-0.2, 0) is 10.0 Å². The van der Waals surface area contributed by atoms with Crippen LogP contribution in [0.4, 0.5) is 0 Å². The highest BCUT2D eigenvalue weighted by atomic mass is 35.5. The molecule has 0 spiro atoms. The Kier molecular flexibility index (Phi) is 4.14. The maximum atomic E-state index is 12.2. The number of sulfonamides is 1. The van der Waals surface area contributed by atoms with Gasteiger partial charge in [0, 0.05) is 16.7 Å². The highest BCUT2D eigenvalue weighted by molar-refractivity contribution is 7.89.